The van der Waals surface area contributed by atoms with E-state index in [1.807, 2.05) is 0 Å². The van der Waals surface area contributed by atoms with E-state index in [0.717, 1.165) is 96.3 Å². The van der Waals surface area contributed by atoms with Crippen molar-refractivity contribution >= 4 is 17.9 Å². The van der Waals surface area contributed by atoms with Gasteiger partial charge in [-0.25, -0.2) is 0 Å². The number of rotatable bonds is 40. The summed E-state index contributed by atoms with van der Waals surface area (Å²) in [6, 6.07) is 0. The van der Waals surface area contributed by atoms with Gasteiger partial charge in [0.15, 0.2) is 6.10 Å². The van der Waals surface area contributed by atoms with Gasteiger partial charge in [-0.1, -0.05) is 168 Å². The van der Waals surface area contributed by atoms with Crippen molar-refractivity contribution in [1.82, 2.24) is 0 Å². The third kappa shape index (κ3) is 44.9. The summed E-state index contributed by atoms with van der Waals surface area (Å²) in [5.74, 6) is -1.07. The number of ether oxygens (including phenoxy) is 3. The summed E-state index contributed by atoms with van der Waals surface area (Å²) in [6.07, 6.45) is 64.8. The molecular weight excluding hydrogens is 745 g/mol. The van der Waals surface area contributed by atoms with Crippen LogP contribution in [0.2, 0.25) is 0 Å². The number of allylic oxidation sites excluding steroid dienone is 20. The number of hydrogen-bond acceptors (Lipinski definition) is 6. The molecule has 0 amide bonds. The summed E-state index contributed by atoms with van der Waals surface area (Å²) >= 11 is 0. The third-order valence-corrected chi connectivity index (χ3v) is 9.18. The highest BCUT2D eigenvalue weighted by Crippen LogP contribution is 2.10. The van der Waals surface area contributed by atoms with Crippen LogP contribution in [0.15, 0.2) is 122 Å². The van der Waals surface area contributed by atoms with Gasteiger partial charge in [-0.2, -0.15) is 0 Å². The molecule has 0 aliphatic heterocycles. The molecule has 0 saturated heterocycles. The Morgan fingerprint density at radius 2 is 0.667 bits per heavy atom. The van der Waals surface area contributed by atoms with Crippen molar-refractivity contribution in [3.8, 4) is 0 Å². The van der Waals surface area contributed by atoms with Crippen LogP contribution in [-0.2, 0) is 28.6 Å². The van der Waals surface area contributed by atoms with Crippen LogP contribution in [0.5, 0.6) is 0 Å². The van der Waals surface area contributed by atoms with Gasteiger partial charge in [0.05, 0.1) is 0 Å². The number of carbonyl (C=O) groups excluding carboxylic acids is 3. The van der Waals surface area contributed by atoms with Crippen molar-refractivity contribution in [2.24, 2.45) is 0 Å². The van der Waals surface area contributed by atoms with Gasteiger partial charge in [0, 0.05) is 19.3 Å². The van der Waals surface area contributed by atoms with E-state index in [4.69, 9.17) is 14.2 Å². The van der Waals surface area contributed by atoms with Crippen molar-refractivity contribution in [2.45, 2.75) is 187 Å². The number of hydrogen-bond donors (Lipinski definition) is 0. The van der Waals surface area contributed by atoms with Crippen LogP contribution in [0.4, 0.5) is 0 Å². The van der Waals surface area contributed by atoms with Gasteiger partial charge in [-0.3, -0.25) is 14.4 Å². The highest BCUT2D eigenvalue weighted by atomic mass is 16.6. The number of unbranched alkanes of at least 4 members (excludes halogenated alkanes) is 9. The Bertz CT molecular complexity index is 1320. The average molecular weight is 829 g/mol. The molecule has 0 bridgehead atoms. The average Bonchev–Trinajstić information content (AvgIpc) is 3.24. The van der Waals surface area contributed by atoms with Gasteiger partial charge < -0.3 is 14.2 Å². The molecule has 0 heterocycles. The summed E-state index contributed by atoms with van der Waals surface area (Å²) in [7, 11) is 0. The van der Waals surface area contributed by atoms with Gasteiger partial charge in [0.2, 0.25) is 0 Å². The van der Waals surface area contributed by atoms with Gasteiger partial charge in [0.1, 0.15) is 13.2 Å². The Balaban J connectivity index is 4.56. The lowest BCUT2D eigenvalue weighted by Gasteiger charge is -2.18. The fourth-order valence-corrected chi connectivity index (χ4v) is 5.70. The quantitative estimate of drug-likeness (QED) is 0.0265. The predicted octanol–water partition coefficient (Wildman–Crippen LogP) is 15.4. The molecule has 1 atom stereocenters. The van der Waals surface area contributed by atoms with Crippen molar-refractivity contribution in [3.63, 3.8) is 0 Å². The van der Waals surface area contributed by atoms with E-state index in [2.05, 4.69) is 142 Å². The molecule has 60 heavy (non-hydrogen) atoms. The molecule has 1 unspecified atom stereocenters. The SMILES string of the molecule is CC/C=C\C/C=C\C/C=C\C/C=C\C/C=C\CCCC(=O)OCC(COC(=O)CCC/C=C\CCCCCC)OC(=O)CCCCC/C=C\C/C=C\C/C=C\C/C=C\CC. The van der Waals surface area contributed by atoms with Crippen LogP contribution in [0.3, 0.4) is 0 Å². The van der Waals surface area contributed by atoms with Gasteiger partial charge in [0.25, 0.3) is 0 Å². The third-order valence-electron chi connectivity index (χ3n) is 9.18. The van der Waals surface area contributed by atoms with E-state index < -0.39 is 6.10 Å². The second-order valence-corrected chi connectivity index (χ2v) is 14.9. The second kappa shape index (κ2) is 47.5. The summed E-state index contributed by atoms with van der Waals surface area (Å²) in [4.78, 5) is 37.7. The molecule has 0 rings (SSSR count). The number of carbonyl (C=O) groups is 3. The minimum absolute atomic E-state index is 0.128. The van der Waals surface area contributed by atoms with Crippen LogP contribution in [-0.4, -0.2) is 37.2 Å². The maximum Gasteiger partial charge on any atom is 0.306 e. The molecule has 0 aromatic heterocycles. The van der Waals surface area contributed by atoms with Crippen molar-refractivity contribution in [1.29, 1.82) is 0 Å². The Morgan fingerprint density at radius 1 is 0.350 bits per heavy atom. The molecule has 6 heteroatoms. The second-order valence-electron chi connectivity index (χ2n) is 14.9. The molecule has 0 aromatic carbocycles. The first kappa shape index (κ1) is 55.8. The van der Waals surface area contributed by atoms with E-state index in [1.165, 1.54) is 25.7 Å². The zero-order valence-corrected chi connectivity index (χ0v) is 38.2. The fraction of sp³-hybridized carbons (Fsp3) is 0.574. The lowest BCUT2D eigenvalue weighted by Crippen LogP contribution is -2.30. The first-order chi connectivity index (χ1) is 29.5. The van der Waals surface area contributed by atoms with Crippen LogP contribution < -0.4 is 0 Å². The lowest BCUT2D eigenvalue weighted by atomic mass is 10.1. The highest BCUT2D eigenvalue weighted by molar-refractivity contribution is 5.71. The standard InChI is InChI=1S/C54H84O6/c1-4-7-10-13-16-19-21-23-25-27-29-30-32-35-38-41-44-47-53(56)59-50-51(49-58-52(55)46-43-40-37-34-18-15-12-9-6-3)60-54(57)48-45-42-39-36-33-31-28-26-24-22-20-17-14-11-8-5-2/h7-8,10-11,16-17,19-20,23-26,29-31,33-35,37-38,51H,4-6,9,12-15,18,21-22,27-28,32,36,39-50H2,1-3H3/b10-7-,11-8-,19-16-,20-17-,25-23-,26-24-,30-29-,33-31-,37-34-,38-35-. The van der Waals surface area contributed by atoms with Crippen molar-refractivity contribution in [3.05, 3.63) is 122 Å². The topological polar surface area (TPSA) is 78.9 Å². The smallest absolute Gasteiger partial charge is 0.306 e. The molecule has 0 radical (unpaired) electrons. The van der Waals surface area contributed by atoms with Crippen LogP contribution >= 0.6 is 0 Å². The van der Waals surface area contributed by atoms with Gasteiger partial charge in [-0.05, 0) is 116 Å². The molecule has 6 nitrogen and oxygen atoms in total. The molecular formula is C54H84O6. The van der Waals surface area contributed by atoms with Crippen molar-refractivity contribution < 1.29 is 28.6 Å². The van der Waals surface area contributed by atoms with E-state index in [1.54, 1.807) is 0 Å². The molecule has 0 saturated carbocycles. The summed E-state index contributed by atoms with van der Waals surface area (Å²) < 4.78 is 16.6. The summed E-state index contributed by atoms with van der Waals surface area (Å²) in [6.45, 7) is 6.24. The summed E-state index contributed by atoms with van der Waals surface area (Å²) in [5, 5.41) is 0. The Labute approximate surface area is 367 Å². The molecule has 336 valence electrons. The molecule has 0 aromatic rings. The van der Waals surface area contributed by atoms with E-state index >= 15 is 0 Å². The minimum atomic E-state index is -0.830. The van der Waals surface area contributed by atoms with E-state index in [-0.39, 0.29) is 50.4 Å². The van der Waals surface area contributed by atoms with Gasteiger partial charge >= 0.3 is 17.9 Å². The molecule has 0 spiro atoms. The number of esters is 3. The minimum Gasteiger partial charge on any atom is -0.462 e. The monoisotopic (exact) mass is 829 g/mol. The van der Waals surface area contributed by atoms with Crippen LogP contribution in [0, 0.1) is 0 Å². The Kier molecular flexibility index (Phi) is 44.2. The zero-order valence-electron chi connectivity index (χ0n) is 38.2. The van der Waals surface area contributed by atoms with E-state index in [0.29, 0.717) is 19.3 Å². The summed E-state index contributed by atoms with van der Waals surface area (Å²) in [5.41, 5.74) is 0. The highest BCUT2D eigenvalue weighted by Gasteiger charge is 2.19. The molecule has 0 fully saturated rings. The first-order valence-corrected chi connectivity index (χ1v) is 23.5. The largest absolute Gasteiger partial charge is 0.462 e. The van der Waals surface area contributed by atoms with Crippen molar-refractivity contribution in [2.75, 3.05) is 13.2 Å². The Morgan fingerprint density at radius 3 is 1.05 bits per heavy atom. The maximum absolute atomic E-state index is 12.7. The fourth-order valence-electron chi connectivity index (χ4n) is 5.70. The lowest BCUT2D eigenvalue weighted by molar-refractivity contribution is -0.167. The van der Waals surface area contributed by atoms with E-state index in [9.17, 15) is 14.4 Å². The first-order valence-electron chi connectivity index (χ1n) is 23.5. The van der Waals surface area contributed by atoms with Gasteiger partial charge in [-0.15, -0.1) is 0 Å². The zero-order chi connectivity index (χ0) is 43.7. The normalized spacial score (nSPS) is 13.2. The molecule has 0 N–H and O–H groups in total. The van der Waals surface area contributed by atoms with Crippen LogP contribution in [0.25, 0.3) is 0 Å². The molecule has 0 aliphatic rings. The predicted molar refractivity (Wildman–Crippen MR) is 256 cm³/mol. The molecule has 0 aliphatic carbocycles. The van der Waals surface area contributed by atoms with Crippen LogP contribution in [0.1, 0.15) is 181 Å². The maximum atomic E-state index is 12.7. The Hall–Kier alpha value is -4.19.